The predicted molar refractivity (Wildman–Crippen MR) is 88.8 cm³/mol. The van der Waals surface area contributed by atoms with E-state index in [1.54, 1.807) is 0 Å². The normalized spacial score (nSPS) is 11.4. The molecule has 0 aliphatic carbocycles. The summed E-state index contributed by atoms with van der Waals surface area (Å²) in [4.78, 5) is 6.81. The van der Waals surface area contributed by atoms with Crippen molar-refractivity contribution < 1.29 is 4.74 Å². The minimum absolute atomic E-state index is 0.665. The summed E-state index contributed by atoms with van der Waals surface area (Å²) < 4.78 is 5.81. The zero-order chi connectivity index (χ0) is 15.7. The Hall–Kier alpha value is -1.13. The van der Waals surface area contributed by atoms with Gasteiger partial charge in [0, 0.05) is 24.8 Å². The van der Waals surface area contributed by atoms with Crippen molar-refractivity contribution in [3.63, 3.8) is 0 Å². The number of likely N-dealkylation sites (N-methyl/N-ethyl adjacent to an activating group) is 1. The SMILES string of the molecule is CCN(CC)CCOc1cc(CNCC(C)C)cc(C)n1. The van der Waals surface area contributed by atoms with E-state index in [-0.39, 0.29) is 0 Å². The van der Waals surface area contributed by atoms with E-state index in [1.807, 2.05) is 13.0 Å². The molecule has 0 saturated carbocycles. The van der Waals surface area contributed by atoms with Crippen molar-refractivity contribution >= 4 is 0 Å². The molecule has 0 saturated heterocycles. The van der Waals surface area contributed by atoms with E-state index in [2.05, 4.69) is 49.0 Å². The van der Waals surface area contributed by atoms with Gasteiger partial charge in [-0.05, 0) is 44.1 Å². The van der Waals surface area contributed by atoms with Crippen molar-refractivity contribution in [2.24, 2.45) is 5.92 Å². The summed E-state index contributed by atoms with van der Waals surface area (Å²) in [6.45, 7) is 16.5. The average Bonchev–Trinajstić information content (AvgIpc) is 2.43. The summed E-state index contributed by atoms with van der Waals surface area (Å²) in [5, 5.41) is 3.46. The molecule has 0 aliphatic rings. The van der Waals surface area contributed by atoms with Crippen LogP contribution in [0.25, 0.3) is 0 Å². The average molecular weight is 293 g/mol. The van der Waals surface area contributed by atoms with E-state index < -0.39 is 0 Å². The molecule has 0 atom stereocenters. The molecule has 21 heavy (non-hydrogen) atoms. The van der Waals surface area contributed by atoms with Crippen molar-refractivity contribution in [1.82, 2.24) is 15.2 Å². The van der Waals surface area contributed by atoms with Crippen LogP contribution < -0.4 is 10.1 Å². The van der Waals surface area contributed by atoms with Gasteiger partial charge in [0.05, 0.1) is 0 Å². The number of aryl methyl sites for hydroxylation is 1. The fourth-order valence-electron chi connectivity index (χ4n) is 2.21. The van der Waals surface area contributed by atoms with E-state index in [4.69, 9.17) is 4.74 Å². The summed E-state index contributed by atoms with van der Waals surface area (Å²) >= 11 is 0. The second-order valence-corrected chi connectivity index (χ2v) is 5.86. The summed E-state index contributed by atoms with van der Waals surface area (Å²) in [5.74, 6) is 1.40. The second kappa shape index (κ2) is 9.74. The molecule has 120 valence electrons. The molecule has 4 nitrogen and oxygen atoms in total. The molecule has 4 heteroatoms. The highest BCUT2D eigenvalue weighted by Gasteiger charge is 2.04. The van der Waals surface area contributed by atoms with Gasteiger partial charge in [-0.25, -0.2) is 4.98 Å². The summed E-state index contributed by atoms with van der Waals surface area (Å²) in [5.41, 5.74) is 2.25. The molecular formula is C17H31N3O. The molecule has 1 rings (SSSR count). The van der Waals surface area contributed by atoms with Gasteiger partial charge in [-0.15, -0.1) is 0 Å². The highest BCUT2D eigenvalue weighted by Crippen LogP contribution is 2.12. The van der Waals surface area contributed by atoms with Gasteiger partial charge in [-0.3, -0.25) is 0 Å². The Morgan fingerprint density at radius 1 is 1.24 bits per heavy atom. The number of nitrogens with one attached hydrogen (secondary N) is 1. The van der Waals surface area contributed by atoms with Gasteiger partial charge in [-0.1, -0.05) is 27.7 Å². The Morgan fingerprint density at radius 3 is 2.57 bits per heavy atom. The van der Waals surface area contributed by atoms with Gasteiger partial charge in [0.2, 0.25) is 5.88 Å². The number of hydrogen-bond donors (Lipinski definition) is 1. The molecule has 0 aliphatic heterocycles. The van der Waals surface area contributed by atoms with Gasteiger partial charge < -0.3 is 15.0 Å². The van der Waals surface area contributed by atoms with Gasteiger partial charge in [0.25, 0.3) is 0 Å². The first-order valence-corrected chi connectivity index (χ1v) is 8.08. The largest absolute Gasteiger partial charge is 0.476 e. The van der Waals surface area contributed by atoms with E-state index in [0.29, 0.717) is 12.5 Å². The summed E-state index contributed by atoms with van der Waals surface area (Å²) in [6.07, 6.45) is 0. The van der Waals surface area contributed by atoms with Crippen LogP contribution >= 0.6 is 0 Å². The van der Waals surface area contributed by atoms with Crippen molar-refractivity contribution in [3.05, 3.63) is 23.4 Å². The van der Waals surface area contributed by atoms with Crippen molar-refractivity contribution in [2.75, 3.05) is 32.8 Å². The van der Waals surface area contributed by atoms with Crippen LogP contribution in [-0.4, -0.2) is 42.7 Å². The maximum atomic E-state index is 5.81. The van der Waals surface area contributed by atoms with Crippen molar-refractivity contribution in [3.8, 4) is 5.88 Å². The second-order valence-electron chi connectivity index (χ2n) is 5.86. The van der Waals surface area contributed by atoms with E-state index in [1.165, 1.54) is 5.56 Å². The molecule has 0 fully saturated rings. The van der Waals surface area contributed by atoms with Gasteiger partial charge in [-0.2, -0.15) is 0 Å². The highest BCUT2D eigenvalue weighted by molar-refractivity contribution is 5.24. The summed E-state index contributed by atoms with van der Waals surface area (Å²) in [7, 11) is 0. The Kier molecular flexibility index (Phi) is 8.31. The van der Waals surface area contributed by atoms with Crippen LogP contribution in [0.5, 0.6) is 5.88 Å². The molecule has 1 aromatic heterocycles. The summed E-state index contributed by atoms with van der Waals surface area (Å²) in [6, 6.07) is 4.16. The number of ether oxygens (including phenoxy) is 1. The lowest BCUT2D eigenvalue weighted by Gasteiger charge is -2.18. The molecule has 0 bridgehead atoms. The molecule has 1 heterocycles. The highest BCUT2D eigenvalue weighted by atomic mass is 16.5. The van der Waals surface area contributed by atoms with Gasteiger partial charge >= 0.3 is 0 Å². The first kappa shape index (κ1) is 17.9. The topological polar surface area (TPSA) is 37.4 Å². The molecular weight excluding hydrogens is 262 g/mol. The number of pyridine rings is 1. The van der Waals surface area contributed by atoms with Crippen LogP contribution in [0, 0.1) is 12.8 Å². The van der Waals surface area contributed by atoms with E-state index in [0.717, 1.165) is 44.3 Å². The van der Waals surface area contributed by atoms with Crippen molar-refractivity contribution in [1.29, 1.82) is 0 Å². The Balaban J connectivity index is 2.48. The maximum Gasteiger partial charge on any atom is 0.213 e. The monoisotopic (exact) mass is 293 g/mol. The zero-order valence-corrected chi connectivity index (χ0v) is 14.3. The molecule has 1 N–H and O–H groups in total. The maximum absolute atomic E-state index is 5.81. The fraction of sp³-hybridized carbons (Fsp3) is 0.706. The molecule has 0 radical (unpaired) electrons. The smallest absolute Gasteiger partial charge is 0.213 e. The Bertz CT molecular complexity index is 403. The number of rotatable bonds is 10. The molecule has 0 unspecified atom stereocenters. The Morgan fingerprint density at radius 2 is 1.95 bits per heavy atom. The van der Waals surface area contributed by atoms with Crippen LogP contribution in [0.2, 0.25) is 0 Å². The van der Waals surface area contributed by atoms with Crippen LogP contribution in [0.1, 0.15) is 39.0 Å². The fourth-order valence-corrected chi connectivity index (χ4v) is 2.21. The lowest BCUT2D eigenvalue weighted by atomic mass is 10.2. The first-order chi connectivity index (χ1) is 10.0. The van der Waals surface area contributed by atoms with Gasteiger partial charge in [0.1, 0.15) is 6.61 Å². The number of aromatic nitrogens is 1. The molecule has 0 amide bonds. The lowest BCUT2D eigenvalue weighted by molar-refractivity contribution is 0.217. The number of nitrogens with zero attached hydrogens (tertiary/aromatic N) is 2. The third-order valence-electron chi connectivity index (χ3n) is 3.42. The third-order valence-corrected chi connectivity index (χ3v) is 3.42. The number of hydrogen-bond acceptors (Lipinski definition) is 4. The quantitative estimate of drug-likeness (QED) is 0.720. The minimum atomic E-state index is 0.665. The first-order valence-electron chi connectivity index (χ1n) is 8.08. The van der Waals surface area contributed by atoms with Crippen molar-refractivity contribution in [2.45, 2.75) is 41.2 Å². The van der Waals surface area contributed by atoms with Gasteiger partial charge in [0.15, 0.2) is 0 Å². The van der Waals surface area contributed by atoms with E-state index >= 15 is 0 Å². The molecule has 0 aromatic carbocycles. The molecule has 0 spiro atoms. The predicted octanol–water partition coefficient (Wildman–Crippen LogP) is 2.86. The van der Waals surface area contributed by atoms with Crippen LogP contribution in [-0.2, 0) is 6.54 Å². The van der Waals surface area contributed by atoms with Crippen LogP contribution in [0.4, 0.5) is 0 Å². The van der Waals surface area contributed by atoms with Crippen LogP contribution in [0.3, 0.4) is 0 Å². The molecule has 1 aromatic rings. The third kappa shape index (κ3) is 7.44. The Labute approximate surface area is 129 Å². The van der Waals surface area contributed by atoms with Crippen LogP contribution in [0.15, 0.2) is 12.1 Å². The standard InChI is InChI=1S/C17H31N3O/c1-6-20(7-2)8-9-21-17-11-16(10-15(5)19-17)13-18-12-14(3)4/h10-11,14,18H,6-9,12-13H2,1-5H3. The zero-order valence-electron chi connectivity index (χ0n) is 14.3. The minimum Gasteiger partial charge on any atom is -0.476 e. The van der Waals surface area contributed by atoms with E-state index in [9.17, 15) is 0 Å². The lowest BCUT2D eigenvalue weighted by Crippen LogP contribution is -2.28.